The summed E-state index contributed by atoms with van der Waals surface area (Å²) in [5.41, 5.74) is 2.58. The molecule has 0 fully saturated rings. The summed E-state index contributed by atoms with van der Waals surface area (Å²) in [5.74, 6) is 0.687. The van der Waals surface area contributed by atoms with E-state index < -0.39 is 0 Å². The molecule has 0 saturated heterocycles. The summed E-state index contributed by atoms with van der Waals surface area (Å²) in [7, 11) is 0. The van der Waals surface area contributed by atoms with Gasteiger partial charge in [-0.05, 0) is 19.1 Å². The summed E-state index contributed by atoms with van der Waals surface area (Å²) in [4.78, 5) is 0. The lowest BCUT2D eigenvalue weighted by Gasteiger charge is -1.98. The molecular weight excluding hydrogens is 268 g/mol. The van der Waals surface area contributed by atoms with Crippen LogP contribution in [0.15, 0.2) is 33.3 Å². The predicted molar refractivity (Wildman–Crippen MR) is 63.7 cm³/mol. The topological polar surface area (TPSA) is 49.8 Å². The molecule has 1 aromatic heterocycles. The van der Waals surface area contributed by atoms with Crippen LogP contribution in [-0.4, -0.2) is 5.16 Å². The zero-order valence-electron chi connectivity index (χ0n) is 8.70. The monoisotopic (exact) mass is 276 g/mol. The molecule has 2 rings (SSSR count). The molecule has 0 spiro atoms. The van der Waals surface area contributed by atoms with Crippen LogP contribution in [0, 0.1) is 18.3 Å². The Labute approximate surface area is 102 Å². The van der Waals surface area contributed by atoms with Gasteiger partial charge in [0.2, 0.25) is 0 Å². The Balaban J connectivity index is 2.48. The molecule has 0 atom stereocenters. The summed E-state index contributed by atoms with van der Waals surface area (Å²) < 4.78 is 6.27. The highest BCUT2D eigenvalue weighted by molar-refractivity contribution is 9.10. The minimum Gasteiger partial charge on any atom is -0.356 e. The van der Waals surface area contributed by atoms with E-state index in [1.807, 2.05) is 31.2 Å². The zero-order valence-corrected chi connectivity index (χ0v) is 10.3. The van der Waals surface area contributed by atoms with E-state index in [1.165, 1.54) is 0 Å². The van der Waals surface area contributed by atoms with Crippen molar-refractivity contribution in [2.75, 3.05) is 0 Å². The smallest absolute Gasteiger partial charge is 0.171 e. The molecule has 0 bridgehead atoms. The van der Waals surface area contributed by atoms with Crippen molar-refractivity contribution >= 4 is 15.9 Å². The van der Waals surface area contributed by atoms with Crippen molar-refractivity contribution in [2.45, 2.75) is 13.3 Å². The molecule has 16 heavy (non-hydrogen) atoms. The van der Waals surface area contributed by atoms with Crippen molar-refractivity contribution in [3.05, 3.63) is 40.0 Å². The maximum atomic E-state index is 8.75. The highest BCUT2D eigenvalue weighted by atomic mass is 79.9. The number of benzene rings is 1. The molecule has 0 aliphatic carbocycles. The molecule has 0 unspecified atom stereocenters. The number of nitrogens with zero attached hydrogens (tertiary/aromatic N) is 2. The van der Waals surface area contributed by atoms with Crippen LogP contribution in [0.5, 0.6) is 0 Å². The second-order valence-electron chi connectivity index (χ2n) is 3.42. The Kier molecular flexibility index (Phi) is 3.07. The molecule has 0 radical (unpaired) electrons. The predicted octanol–water partition coefficient (Wildman–Crippen LogP) is 3.48. The Morgan fingerprint density at radius 3 is 2.69 bits per heavy atom. The van der Waals surface area contributed by atoms with Crippen molar-refractivity contribution in [3.63, 3.8) is 0 Å². The zero-order chi connectivity index (χ0) is 11.5. The second-order valence-corrected chi connectivity index (χ2v) is 4.33. The van der Waals surface area contributed by atoms with E-state index >= 15 is 0 Å². The molecule has 1 heterocycles. The van der Waals surface area contributed by atoms with Crippen LogP contribution in [0.25, 0.3) is 11.3 Å². The number of hydrogen-bond acceptors (Lipinski definition) is 3. The molecule has 3 nitrogen and oxygen atoms in total. The fourth-order valence-corrected chi connectivity index (χ4v) is 1.77. The molecule has 0 amide bonds. The fourth-order valence-electron chi connectivity index (χ4n) is 1.50. The first-order valence-electron chi connectivity index (χ1n) is 4.80. The van der Waals surface area contributed by atoms with Gasteiger partial charge in [0.25, 0.3) is 0 Å². The average molecular weight is 277 g/mol. The number of aryl methyl sites for hydroxylation is 1. The summed E-state index contributed by atoms with van der Waals surface area (Å²) >= 11 is 3.37. The Morgan fingerprint density at radius 2 is 2.06 bits per heavy atom. The van der Waals surface area contributed by atoms with Crippen molar-refractivity contribution in [1.29, 1.82) is 5.26 Å². The minimum absolute atomic E-state index is 0.320. The largest absolute Gasteiger partial charge is 0.356 e. The van der Waals surface area contributed by atoms with Gasteiger partial charge in [-0.15, -0.1) is 0 Å². The van der Waals surface area contributed by atoms with Gasteiger partial charge in [0, 0.05) is 15.6 Å². The maximum Gasteiger partial charge on any atom is 0.171 e. The summed E-state index contributed by atoms with van der Waals surface area (Å²) in [5, 5.41) is 12.6. The third-order valence-corrected chi connectivity index (χ3v) is 2.88. The van der Waals surface area contributed by atoms with Gasteiger partial charge in [0.15, 0.2) is 5.76 Å². The van der Waals surface area contributed by atoms with Crippen LogP contribution in [0.4, 0.5) is 0 Å². The van der Waals surface area contributed by atoms with Crippen molar-refractivity contribution in [1.82, 2.24) is 5.16 Å². The van der Waals surface area contributed by atoms with Crippen LogP contribution in [0.1, 0.15) is 11.3 Å². The van der Waals surface area contributed by atoms with E-state index in [1.54, 1.807) is 0 Å². The van der Waals surface area contributed by atoms with Crippen LogP contribution in [0.3, 0.4) is 0 Å². The fraction of sp³-hybridized carbons (Fsp3) is 0.167. The van der Waals surface area contributed by atoms with E-state index in [0.717, 1.165) is 21.3 Å². The van der Waals surface area contributed by atoms with E-state index in [9.17, 15) is 0 Å². The summed E-state index contributed by atoms with van der Waals surface area (Å²) in [6.45, 7) is 1.85. The SMILES string of the molecule is Cc1noc(-c2ccc(Br)cc2)c1CC#N. The van der Waals surface area contributed by atoms with Crippen molar-refractivity contribution < 1.29 is 4.52 Å². The first-order chi connectivity index (χ1) is 7.72. The van der Waals surface area contributed by atoms with Gasteiger partial charge in [-0.2, -0.15) is 5.26 Å². The first-order valence-corrected chi connectivity index (χ1v) is 5.59. The summed E-state index contributed by atoms with van der Waals surface area (Å²) in [6, 6.07) is 9.86. The van der Waals surface area contributed by atoms with Gasteiger partial charge in [-0.25, -0.2) is 0 Å². The van der Waals surface area contributed by atoms with E-state index in [-0.39, 0.29) is 0 Å². The summed E-state index contributed by atoms with van der Waals surface area (Å²) in [6.07, 6.45) is 0.320. The highest BCUT2D eigenvalue weighted by Crippen LogP contribution is 2.27. The number of halogens is 1. The Bertz CT molecular complexity index is 537. The molecule has 0 aliphatic heterocycles. The minimum atomic E-state index is 0.320. The van der Waals surface area contributed by atoms with Gasteiger partial charge < -0.3 is 4.52 Å². The van der Waals surface area contributed by atoms with E-state index in [0.29, 0.717) is 12.2 Å². The molecule has 0 N–H and O–H groups in total. The van der Waals surface area contributed by atoms with Crippen LogP contribution in [-0.2, 0) is 6.42 Å². The van der Waals surface area contributed by atoms with Gasteiger partial charge in [-0.1, -0.05) is 33.2 Å². The van der Waals surface area contributed by atoms with Gasteiger partial charge in [-0.3, -0.25) is 0 Å². The van der Waals surface area contributed by atoms with Crippen LogP contribution >= 0.6 is 15.9 Å². The third-order valence-electron chi connectivity index (χ3n) is 2.35. The lowest BCUT2D eigenvalue weighted by molar-refractivity contribution is 0.427. The molecule has 80 valence electrons. The second kappa shape index (κ2) is 4.50. The van der Waals surface area contributed by atoms with Crippen molar-refractivity contribution in [2.24, 2.45) is 0 Å². The van der Waals surface area contributed by atoms with Gasteiger partial charge >= 0.3 is 0 Å². The highest BCUT2D eigenvalue weighted by Gasteiger charge is 2.14. The molecule has 0 saturated carbocycles. The number of rotatable bonds is 2. The maximum absolute atomic E-state index is 8.75. The third kappa shape index (κ3) is 2.00. The number of hydrogen-bond donors (Lipinski definition) is 0. The van der Waals surface area contributed by atoms with E-state index in [4.69, 9.17) is 9.78 Å². The molecule has 0 aliphatic rings. The lowest BCUT2D eigenvalue weighted by Crippen LogP contribution is -1.86. The molecule has 4 heteroatoms. The quantitative estimate of drug-likeness (QED) is 0.844. The van der Waals surface area contributed by atoms with Gasteiger partial charge in [0.1, 0.15) is 0 Å². The van der Waals surface area contributed by atoms with Gasteiger partial charge in [0.05, 0.1) is 18.2 Å². The number of nitriles is 1. The van der Waals surface area contributed by atoms with Crippen LogP contribution in [0.2, 0.25) is 0 Å². The lowest BCUT2D eigenvalue weighted by atomic mass is 10.1. The Morgan fingerprint density at radius 1 is 1.38 bits per heavy atom. The normalized spacial score (nSPS) is 10.1. The molecule has 2 aromatic rings. The Hall–Kier alpha value is -1.60. The molecular formula is C12H9BrN2O. The standard InChI is InChI=1S/C12H9BrN2O/c1-8-11(6-7-14)12(16-15-8)9-2-4-10(13)5-3-9/h2-5H,6H2,1H3. The van der Waals surface area contributed by atoms with E-state index in [2.05, 4.69) is 27.2 Å². The van der Waals surface area contributed by atoms with Crippen LogP contribution < -0.4 is 0 Å². The molecule has 1 aromatic carbocycles. The number of aromatic nitrogens is 1. The van der Waals surface area contributed by atoms with Crippen molar-refractivity contribution in [3.8, 4) is 17.4 Å². The first kappa shape index (κ1) is 10.9. The average Bonchev–Trinajstić information content (AvgIpc) is 2.63.